The number of rotatable bonds is 6. The van der Waals surface area contributed by atoms with E-state index in [0.29, 0.717) is 16.4 Å². The van der Waals surface area contributed by atoms with Crippen molar-refractivity contribution >= 4 is 23.2 Å². The zero-order valence-electron chi connectivity index (χ0n) is 18.7. The number of carbonyl (C=O) groups excluding carboxylic acids is 1. The highest BCUT2D eigenvalue weighted by atomic mass is 35.5. The van der Waals surface area contributed by atoms with Crippen LogP contribution in [0, 0.1) is 13.8 Å². The van der Waals surface area contributed by atoms with Crippen molar-refractivity contribution in [1.82, 2.24) is 24.5 Å². The summed E-state index contributed by atoms with van der Waals surface area (Å²) in [5, 5.41) is 11.3. The first-order valence-corrected chi connectivity index (χ1v) is 10.8. The third-order valence-corrected chi connectivity index (χ3v) is 5.56. The van der Waals surface area contributed by atoms with E-state index in [0.717, 1.165) is 20.4 Å². The molecule has 2 aromatic carbocycles. The molecule has 0 aliphatic carbocycles. The SMILES string of the molecule is Cc1ccc(-n2nc(-c3noc(CCC(=O)Nc4ccc(C)c(Cl)c4)n3)c(=O)n(C)c2=O)cc1. The molecule has 0 saturated heterocycles. The van der Waals surface area contributed by atoms with Gasteiger partial charge in [-0.15, -0.1) is 0 Å². The van der Waals surface area contributed by atoms with Crippen LogP contribution in [-0.4, -0.2) is 30.4 Å². The lowest BCUT2D eigenvalue weighted by Gasteiger charge is -2.08. The molecular formula is C23H21ClN6O4. The van der Waals surface area contributed by atoms with Gasteiger partial charge in [-0.3, -0.25) is 14.2 Å². The molecule has 0 atom stereocenters. The highest BCUT2D eigenvalue weighted by molar-refractivity contribution is 6.31. The number of halogens is 1. The monoisotopic (exact) mass is 480 g/mol. The lowest BCUT2D eigenvalue weighted by Crippen LogP contribution is -2.40. The molecule has 1 N–H and O–H groups in total. The molecule has 2 heterocycles. The minimum Gasteiger partial charge on any atom is -0.339 e. The van der Waals surface area contributed by atoms with Crippen LogP contribution in [0.4, 0.5) is 5.69 Å². The number of aromatic nitrogens is 5. The average Bonchev–Trinajstić information content (AvgIpc) is 3.28. The van der Waals surface area contributed by atoms with Crippen molar-refractivity contribution in [1.29, 1.82) is 0 Å². The molecule has 0 saturated carbocycles. The summed E-state index contributed by atoms with van der Waals surface area (Å²) in [4.78, 5) is 41.7. The Labute approximate surface area is 198 Å². The molecule has 0 bridgehead atoms. The van der Waals surface area contributed by atoms with Gasteiger partial charge in [-0.2, -0.15) is 14.8 Å². The summed E-state index contributed by atoms with van der Waals surface area (Å²) in [7, 11) is 1.35. The van der Waals surface area contributed by atoms with Crippen LogP contribution in [0.25, 0.3) is 17.2 Å². The summed E-state index contributed by atoms with van der Waals surface area (Å²) < 4.78 is 7.24. The second-order valence-corrected chi connectivity index (χ2v) is 8.17. The number of hydrogen-bond acceptors (Lipinski definition) is 7. The van der Waals surface area contributed by atoms with E-state index in [-0.39, 0.29) is 36.2 Å². The van der Waals surface area contributed by atoms with Crippen molar-refractivity contribution < 1.29 is 9.32 Å². The van der Waals surface area contributed by atoms with E-state index in [2.05, 4.69) is 20.6 Å². The normalized spacial score (nSPS) is 10.9. The van der Waals surface area contributed by atoms with Crippen molar-refractivity contribution in [2.24, 2.45) is 7.05 Å². The number of anilines is 1. The molecule has 1 amide bonds. The van der Waals surface area contributed by atoms with Crippen LogP contribution in [0.3, 0.4) is 0 Å². The Morgan fingerprint density at radius 3 is 2.56 bits per heavy atom. The fourth-order valence-electron chi connectivity index (χ4n) is 3.14. The van der Waals surface area contributed by atoms with Crippen molar-refractivity contribution in [2.45, 2.75) is 26.7 Å². The zero-order valence-corrected chi connectivity index (χ0v) is 19.5. The first-order valence-electron chi connectivity index (χ1n) is 10.4. The maximum atomic E-state index is 12.6. The Kier molecular flexibility index (Phi) is 6.42. The maximum Gasteiger partial charge on any atom is 0.351 e. The van der Waals surface area contributed by atoms with Gasteiger partial charge in [0.25, 0.3) is 5.56 Å². The fourth-order valence-corrected chi connectivity index (χ4v) is 3.32. The van der Waals surface area contributed by atoms with E-state index in [9.17, 15) is 14.4 Å². The number of amides is 1. The van der Waals surface area contributed by atoms with Gasteiger partial charge in [-0.1, -0.05) is 40.5 Å². The molecule has 0 aliphatic heterocycles. The van der Waals surface area contributed by atoms with E-state index >= 15 is 0 Å². The van der Waals surface area contributed by atoms with Crippen LogP contribution < -0.4 is 16.6 Å². The maximum absolute atomic E-state index is 12.6. The Bertz CT molecular complexity index is 1490. The van der Waals surface area contributed by atoms with Crippen molar-refractivity contribution in [2.75, 3.05) is 5.32 Å². The highest BCUT2D eigenvalue weighted by Crippen LogP contribution is 2.20. The van der Waals surface area contributed by atoms with Gasteiger partial charge in [0.15, 0.2) is 5.69 Å². The first-order chi connectivity index (χ1) is 16.2. The summed E-state index contributed by atoms with van der Waals surface area (Å²) in [6.07, 6.45) is 0.220. The topological polar surface area (TPSA) is 125 Å². The van der Waals surface area contributed by atoms with Gasteiger partial charge in [0.2, 0.25) is 17.6 Å². The number of benzene rings is 2. The first kappa shape index (κ1) is 23.1. The van der Waals surface area contributed by atoms with Crippen LogP contribution in [0.5, 0.6) is 0 Å². The lowest BCUT2D eigenvalue weighted by atomic mass is 10.2. The lowest BCUT2D eigenvalue weighted by molar-refractivity contribution is -0.116. The molecule has 10 nitrogen and oxygen atoms in total. The molecule has 174 valence electrons. The quantitative estimate of drug-likeness (QED) is 0.449. The van der Waals surface area contributed by atoms with E-state index in [1.54, 1.807) is 24.3 Å². The van der Waals surface area contributed by atoms with Crippen LogP contribution in [0.15, 0.2) is 56.6 Å². The Morgan fingerprint density at radius 1 is 1.12 bits per heavy atom. The molecule has 0 spiro atoms. The van der Waals surface area contributed by atoms with Gasteiger partial charge in [0, 0.05) is 30.6 Å². The largest absolute Gasteiger partial charge is 0.351 e. The van der Waals surface area contributed by atoms with Crippen LogP contribution in [0.2, 0.25) is 5.02 Å². The second-order valence-electron chi connectivity index (χ2n) is 7.77. The molecule has 2 aromatic heterocycles. The summed E-state index contributed by atoms with van der Waals surface area (Å²) in [6, 6.07) is 12.3. The van der Waals surface area contributed by atoms with Gasteiger partial charge in [-0.05, 0) is 43.7 Å². The molecular weight excluding hydrogens is 460 g/mol. The molecule has 4 rings (SSSR count). The van der Waals surface area contributed by atoms with Crippen LogP contribution in [0.1, 0.15) is 23.4 Å². The average molecular weight is 481 g/mol. The van der Waals surface area contributed by atoms with Gasteiger partial charge in [0.05, 0.1) is 5.69 Å². The van der Waals surface area contributed by atoms with Gasteiger partial charge < -0.3 is 9.84 Å². The van der Waals surface area contributed by atoms with Crippen molar-refractivity contribution in [3.63, 3.8) is 0 Å². The molecule has 4 aromatic rings. The zero-order chi connectivity index (χ0) is 24.4. The number of carbonyl (C=O) groups is 1. The highest BCUT2D eigenvalue weighted by Gasteiger charge is 2.19. The summed E-state index contributed by atoms with van der Waals surface area (Å²) in [5.41, 5.74) is 1.59. The van der Waals surface area contributed by atoms with Crippen molar-refractivity contribution in [3.05, 3.63) is 85.3 Å². The number of hydrogen-bond donors (Lipinski definition) is 1. The minimum absolute atomic E-state index is 0.0674. The predicted octanol–water partition coefficient (Wildman–Crippen LogP) is 2.82. The minimum atomic E-state index is -0.658. The molecule has 11 heteroatoms. The molecule has 0 aliphatic rings. The van der Waals surface area contributed by atoms with Gasteiger partial charge in [-0.25, -0.2) is 4.79 Å². The summed E-state index contributed by atoms with van der Waals surface area (Å²) in [5.74, 6) is -0.173. The Balaban J connectivity index is 1.53. The number of nitrogens with zero attached hydrogens (tertiary/aromatic N) is 5. The number of nitrogens with one attached hydrogen (secondary N) is 1. The Morgan fingerprint density at radius 2 is 1.85 bits per heavy atom. The van der Waals surface area contributed by atoms with E-state index in [1.807, 2.05) is 32.0 Å². The molecule has 0 unspecified atom stereocenters. The molecule has 34 heavy (non-hydrogen) atoms. The molecule has 0 radical (unpaired) electrons. The van der Waals surface area contributed by atoms with Gasteiger partial charge in [0.1, 0.15) is 0 Å². The fraction of sp³-hybridized carbons (Fsp3) is 0.217. The van der Waals surface area contributed by atoms with Crippen molar-refractivity contribution in [3.8, 4) is 17.2 Å². The number of aryl methyl sites for hydroxylation is 3. The third-order valence-electron chi connectivity index (χ3n) is 5.16. The van der Waals surface area contributed by atoms with E-state index in [4.69, 9.17) is 16.1 Å². The Hall–Kier alpha value is -4.05. The van der Waals surface area contributed by atoms with E-state index < -0.39 is 11.2 Å². The van der Waals surface area contributed by atoms with E-state index in [1.165, 1.54) is 7.05 Å². The standard InChI is InChI=1S/C23H21ClN6O4/c1-13-4-8-16(9-5-13)30-23(33)29(3)22(32)20(27-30)21-26-19(34-28-21)11-10-18(31)25-15-7-6-14(2)17(24)12-15/h4-9,12H,10-11H2,1-3H3,(H,25,31). The van der Waals surface area contributed by atoms with Crippen LogP contribution in [-0.2, 0) is 18.3 Å². The van der Waals surface area contributed by atoms with Crippen LogP contribution >= 0.6 is 11.6 Å². The molecule has 0 fully saturated rings. The third kappa shape index (κ3) is 4.81. The van der Waals surface area contributed by atoms with Gasteiger partial charge >= 0.3 is 5.69 Å². The smallest absolute Gasteiger partial charge is 0.339 e. The summed E-state index contributed by atoms with van der Waals surface area (Å²) in [6.45, 7) is 3.79. The predicted molar refractivity (Wildman–Crippen MR) is 126 cm³/mol. The second kappa shape index (κ2) is 9.44. The summed E-state index contributed by atoms with van der Waals surface area (Å²) >= 11 is 6.08.